The van der Waals surface area contributed by atoms with E-state index in [0.29, 0.717) is 4.31 Å². The topological polar surface area (TPSA) is 101 Å². The average molecular weight is 342 g/mol. The number of carboxylic acid groups (broad SMARTS) is 1. The Morgan fingerprint density at radius 3 is 2.32 bits per heavy atom. The third-order valence-corrected chi connectivity index (χ3v) is 5.67. The molecule has 2 heterocycles. The van der Waals surface area contributed by atoms with Crippen molar-refractivity contribution in [3.8, 4) is 0 Å². The normalized spacial score (nSPS) is 23.9. The highest BCUT2D eigenvalue weighted by Crippen LogP contribution is 2.40. The number of aromatic nitrogens is 1. The van der Waals surface area contributed by atoms with Gasteiger partial charge in [-0.05, 0) is 13.8 Å². The van der Waals surface area contributed by atoms with E-state index >= 15 is 0 Å². The molecule has 2 atom stereocenters. The van der Waals surface area contributed by atoms with Gasteiger partial charge in [0.25, 0.3) is 0 Å². The largest absolute Gasteiger partial charge is 0.481 e. The molecule has 7 nitrogen and oxygen atoms in total. The highest BCUT2D eigenvalue weighted by Gasteiger charge is 2.55. The Bertz CT molecular complexity index is 678. The Labute approximate surface area is 123 Å². The molecule has 0 spiro atoms. The zero-order valence-electron chi connectivity index (χ0n) is 11.6. The number of carboxylic acids is 1. The molecule has 1 aromatic rings. The number of rotatable bonds is 3. The minimum atomic E-state index is -4.80. The summed E-state index contributed by atoms with van der Waals surface area (Å²) in [7, 11) is -4.30. The van der Waals surface area contributed by atoms with Gasteiger partial charge in [0.2, 0.25) is 10.0 Å². The van der Waals surface area contributed by atoms with Crippen molar-refractivity contribution in [1.82, 2.24) is 9.46 Å². The summed E-state index contributed by atoms with van der Waals surface area (Å²) in [5.74, 6) is -5.82. The zero-order chi connectivity index (χ0) is 16.9. The van der Waals surface area contributed by atoms with E-state index in [1.54, 1.807) is 0 Å². The number of aryl methyl sites for hydroxylation is 2. The van der Waals surface area contributed by atoms with Gasteiger partial charge in [-0.15, -0.1) is 0 Å². The van der Waals surface area contributed by atoms with E-state index in [1.807, 2.05) is 0 Å². The van der Waals surface area contributed by atoms with Gasteiger partial charge < -0.3 is 9.63 Å². The lowest BCUT2D eigenvalue weighted by atomic mass is 9.96. The van der Waals surface area contributed by atoms with Gasteiger partial charge in [0.15, 0.2) is 5.76 Å². The lowest BCUT2D eigenvalue weighted by molar-refractivity contribution is -0.187. The number of hydrogen-bond donors (Lipinski definition) is 1. The summed E-state index contributed by atoms with van der Waals surface area (Å²) in [6.45, 7) is 0.979. The van der Waals surface area contributed by atoms with Crippen LogP contribution in [-0.2, 0) is 14.8 Å². The number of carbonyl (C=O) groups is 1. The van der Waals surface area contributed by atoms with Crippen LogP contribution < -0.4 is 0 Å². The predicted octanol–water partition coefficient (Wildman–Crippen LogP) is 1.18. The molecule has 0 amide bonds. The highest BCUT2D eigenvalue weighted by atomic mass is 32.2. The Balaban J connectivity index is 2.41. The van der Waals surface area contributed by atoms with Gasteiger partial charge in [-0.2, -0.15) is 17.5 Å². The highest BCUT2D eigenvalue weighted by molar-refractivity contribution is 7.89. The van der Waals surface area contributed by atoms with Gasteiger partial charge in [0.05, 0.1) is 11.8 Å². The Morgan fingerprint density at radius 1 is 1.36 bits per heavy atom. The second kappa shape index (κ2) is 5.23. The molecule has 1 aliphatic rings. The van der Waals surface area contributed by atoms with E-state index in [-0.39, 0.29) is 16.3 Å². The van der Waals surface area contributed by atoms with Crippen LogP contribution >= 0.6 is 0 Å². The zero-order valence-corrected chi connectivity index (χ0v) is 12.4. The summed E-state index contributed by atoms with van der Waals surface area (Å²) >= 11 is 0. The standard InChI is InChI=1S/C11H13F3N2O5S/c1-5-9(6(2)21-15-5)22(19,20)16-3-7(10(17)18)8(4-16)11(12,13)14/h7-8H,3-4H2,1-2H3,(H,17,18)/t7-,8-/m1/s1. The number of alkyl halides is 3. The first-order valence-electron chi connectivity index (χ1n) is 6.18. The Morgan fingerprint density at radius 2 is 1.95 bits per heavy atom. The maximum Gasteiger partial charge on any atom is 0.393 e. The maximum absolute atomic E-state index is 12.9. The van der Waals surface area contributed by atoms with Crippen LogP contribution in [0.3, 0.4) is 0 Å². The fourth-order valence-electron chi connectivity index (χ4n) is 2.52. The van der Waals surface area contributed by atoms with Gasteiger partial charge in [-0.1, -0.05) is 5.16 Å². The molecule has 0 unspecified atom stereocenters. The maximum atomic E-state index is 12.9. The Kier molecular flexibility index (Phi) is 3.98. The molecule has 11 heteroatoms. The van der Waals surface area contributed by atoms with Crippen LogP contribution in [0.15, 0.2) is 9.42 Å². The van der Waals surface area contributed by atoms with Crippen molar-refractivity contribution < 1.29 is 36.0 Å². The van der Waals surface area contributed by atoms with Gasteiger partial charge in [-0.25, -0.2) is 8.42 Å². The number of aliphatic carboxylic acids is 1. The Hall–Kier alpha value is -1.62. The fraction of sp³-hybridized carbons (Fsp3) is 0.636. The van der Waals surface area contributed by atoms with Crippen molar-refractivity contribution in [3.05, 3.63) is 11.5 Å². The molecule has 1 N–H and O–H groups in total. The molecule has 0 aliphatic carbocycles. The number of sulfonamides is 1. The third-order valence-electron chi connectivity index (χ3n) is 3.59. The first-order valence-corrected chi connectivity index (χ1v) is 7.62. The summed E-state index contributed by atoms with van der Waals surface area (Å²) in [4.78, 5) is 10.7. The minimum absolute atomic E-state index is 0.0137. The molecule has 22 heavy (non-hydrogen) atoms. The molecule has 0 aromatic carbocycles. The molecule has 124 valence electrons. The lowest BCUT2D eigenvalue weighted by Gasteiger charge is -2.18. The molecule has 0 bridgehead atoms. The summed E-state index contributed by atoms with van der Waals surface area (Å²) in [6.07, 6.45) is -4.80. The van der Waals surface area contributed by atoms with Gasteiger partial charge in [0, 0.05) is 13.1 Å². The molecular weight excluding hydrogens is 329 g/mol. The molecule has 1 aromatic heterocycles. The quantitative estimate of drug-likeness (QED) is 0.885. The molecule has 1 fully saturated rings. The summed E-state index contributed by atoms with van der Waals surface area (Å²) in [6, 6.07) is 0. The van der Waals surface area contributed by atoms with Crippen molar-refractivity contribution in [2.24, 2.45) is 11.8 Å². The smallest absolute Gasteiger partial charge is 0.393 e. The van der Waals surface area contributed by atoms with Crippen molar-refractivity contribution in [1.29, 1.82) is 0 Å². The summed E-state index contributed by atoms with van der Waals surface area (Å²) < 4.78 is 68.9. The van der Waals surface area contributed by atoms with E-state index in [9.17, 15) is 26.4 Å². The second-order valence-corrected chi connectivity index (χ2v) is 6.94. The lowest BCUT2D eigenvalue weighted by Crippen LogP contribution is -2.34. The van der Waals surface area contributed by atoms with Crippen LogP contribution in [-0.4, -0.2) is 48.2 Å². The summed E-state index contributed by atoms with van der Waals surface area (Å²) in [5.41, 5.74) is 0.0137. The minimum Gasteiger partial charge on any atom is -0.481 e. The van der Waals surface area contributed by atoms with Crippen LogP contribution in [0.2, 0.25) is 0 Å². The van der Waals surface area contributed by atoms with Crippen LogP contribution in [0.1, 0.15) is 11.5 Å². The molecule has 0 saturated carbocycles. The number of hydrogen-bond acceptors (Lipinski definition) is 5. The van der Waals surface area contributed by atoms with Crippen molar-refractivity contribution >= 4 is 16.0 Å². The van der Waals surface area contributed by atoms with Crippen LogP contribution in [0, 0.1) is 25.7 Å². The SMILES string of the molecule is Cc1noc(C)c1S(=O)(=O)N1C[C@@H](C(F)(F)F)[C@H](C(=O)O)C1. The van der Waals surface area contributed by atoms with Crippen LogP contribution in [0.5, 0.6) is 0 Å². The van der Waals surface area contributed by atoms with E-state index in [0.717, 1.165) is 0 Å². The van der Waals surface area contributed by atoms with Crippen molar-refractivity contribution in [2.75, 3.05) is 13.1 Å². The molecule has 0 radical (unpaired) electrons. The van der Waals surface area contributed by atoms with Crippen LogP contribution in [0.25, 0.3) is 0 Å². The third kappa shape index (κ3) is 2.70. The molecule has 1 aliphatic heterocycles. The monoisotopic (exact) mass is 342 g/mol. The second-order valence-electron chi connectivity index (χ2n) is 5.07. The van der Waals surface area contributed by atoms with E-state index in [1.165, 1.54) is 13.8 Å². The number of halogens is 3. The van der Waals surface area contributed by atoms with E-state index < -0.39 is 47.1 Å². The van der Waals surface area contributed by atoms with E-state index in [4.69, 9.17) is 9.63 Å². The fourth-order valence-corrected chi connectivity index (χ4v) is 4.30. The van der Waals surface area contributed by atoms with E-state index in [2.05, 4.69) is 5.16 Å². The predicted molar refractivity (Wildman–Crippen MR) is 65.4 cm³/mol. The van der Waals surface area contributed by atoms with Crippen molar-refractivity contribution in [3.63, 3.8) is 0 Å². The number of nitrogens with zero attached hydrogens (tertiary/aromatic N) is 2. The molecule has 2 rings (SSSR count). The molecule has 1 saturated heterocycles. The first-order chi connectivity index (χ1) is 9.96. The average Bonchev–Trinajstić information content (AvgIpc) is 2.93. The van der Waals surface area contributed by atoms with Gasteiger partial charge in [0.1, 0.15) is 10.6 Å². The van der Waals surface area contributed by atoms with Crippen LogP contribution in [0.4, 0.5) is 13.2 Å². The molecular formula is C11H13F3N2O5S. The summed E-state index contributed by atoms with van der Waals surface area (Å²) in [5, 5.41) is 12.4. The first kappa shape index (κ1) is 16.7. The van der Waals surface area contributed by atoms with Crippen molar-refractivity contribution in [2.45, 2.75) is 24.9 Å². The van der Waals surface area contributed by atoms with Gasteiger partial charge in [-0.3, -0.25) is 4.79 Å². The van der Waals surface area contributed by atoms with Gasteiger partial charge >= 0.3 is 12.1 Å².